The second-order valence-corrected chi connectivity index (χ2v) is 5.22. The Hall–Kier alpha value is -0.590. The topological polar surface area (TPSA) is 60.4 Å². The minimum absolute atomic E-state index is 0.192. The van der Waals surface area contributed by atoms with E-state index in [9.17, 15) is 13.9 Å². The Morgan fingerprint density at radius 2 is 1.83 bits per heavy atom. The standard InChI is InChI=1S/C6H8O4P2/c1-4(2)5(7)10-6(3,11-8)12-9/h1H2,2-3H3/p+2. The van der Waals surface area contributed by atoms with Crippen LogP contribution in [0.5, 0.6) is 0 Å². The first-order valence-electron chi connectivity index (χ1n) is 3.12. The smallest absolute Gasteiger partial charge is 0.373 e. The average Bonchev–Trinajstić information content (AvgIpc) is 2.04. The highest BCUT2D eigenvalue weighted by atomic mass is 31.1. The quantitative estimate of drug-likeness (QED) is 0.401. The molecule has 2 atom stereocenters. The normalized spacial score (nSPS) is 15.5. The number of carbonyl (C=O) groups is 1. The van der Waals surface area contributed by atoms with E-state index in [-0.39, 0.29) is 5.57 Å². The van der Waals surface area contributed by atoms with Crippen molar-refractivity contribution in [2.45, 2.75) is 18.9 Å². The molecule has 4 nitrogen and oxygen atoms in total. The number of rotatable bonds is 4. The number of carbonyl (C=O) groups excluding carboxylic acids is 1. The number of esters is 1. The molecule has 0 saturated heterocycles. The van der Waals surface area contributed by atoms with Crippen LogP contribution < -0.4 is 0 Å². The lowest BCUT2D eigenvalue weighted by molar-refractivity contribution is -0.141. The summed E-state index contributed by atoms with van der Waals surface area (Å²) in [6, 6.07) is 0. The van der Waals surface area contributed by atoms with Gasteiger partial charge in [-0.1, -0.05) is 15.7 Å². The van der Waals surface area contributed by atoms with Crippen molar-refractivity contribution >= 4 is 22.9 Å². The summed E-state index contributed by atoms with van der Waals surface area (Å²) in [6.07, 6.45) is 0. The third kappa shape index (κ3) is 3.21. The van der Waals surface area contributed by atoms with Crippen molar-refractivity contribution in [3.8, 4) is 0 Å². The third-order valence-electron chi connectivity index (χ3n) is 1.03. The first kappa shape index (κ1) is 11.4. The van der Waals surface area contributed by atoms with E-state index in [0.29, 0.717) is 0 Å². The van der Waals surface area contributed by atoms with Gasteiger partial charge in [0.15, 0.2) is 0 Å². The second kappa shape index (κ2) is 4.44. The Bertz CT molecular complexity index is 228. The Morgan fingerprint density at radius 3 is 2.08 bits per heavy atom. The molecule has 0 spiro atoms. The van der Waals surface area contributed by atoms with Crippen molar-refractivity contribution in [3.05, 3.63) is 12.2 Å². The van der Waals surface area contributed by atoms with Crippen LogP contribution in [0.1, 0.15) is 13.8 Å². The first-order chi connectivity index (χ1) is 5.45. The predicted molar refractivity (Wildman–Crippen MR) is 47.3 cm³/mol. The fourth-order valence-electron chi connectivity index (χ4n) is 0.335. The van der Waals surface area contributed by atoms with Crippen LogP contribution in [0.2, 0.25) is 0 Å². The van der Waals surface area contributed by atoms with Crippen LogP contribution in [0.15, 0.2) is 12.2 Å². The zero-order valence-corrected chi connectivity index (χ0v) is 8.84. The van der Waals surface area contributed by atoms with Crippen LogP contribution in [0.25, 0.3) is 0 Å². The zero-order chi connectivity index (χ0) is 9.78. The predicted octanol–water partition coefficient (Wildman–Crippen LogP) is 1.83. The van der Waals surface area contributed by atoms with E-state index >= 15 is 0 Å². The van der Waals surface area contributed by atoms with E-state index in [1.54, 1.807) is 0 Å². The molecular formula is C6H10O4P2+2. The molecule has 0 aliphatic heterocycles. The van der Waals surface area contributed by atoms with E-state index in [1.807, 2.05) is 0 Å². The van der Waals surface area contributed by atoms with Crippen LogP contribution >= 0.6 is 16.9 Å². The van der Waals surface area contributed by atoms with Crippen molar-refractivity contribution in [2.75, 3.05) is 0 Å². The Labute approximate surface area is 73.4 Å². The van der Waals surface area contributed by atoms with Gasteiger partial charge < -0.3 is 4.74 Å². The lowest BCUT2D eigenvalue weighted by Crippen LogP contribution is -2.19. The lowest BCUT2D eigenvalue weighted by Gasteiger charge is -2.02. The number of hydrogen-bond donors (Lipinski definition) is 0. The Balaban J connectivity index is 4.41. The molecule has 6 heteroatoms. The lowest BCUT2D eigenvalue weighted by atomic mass is 10.4. The molecule has 12 heavy (non-hydrogen) atoms. The maximum absolute atomic E-state index is 10.9. The molecule has 66 valence electrons. The fourth-order valence-corrected chi connectivity index (χ4v) is 0.770. The Morgan fingerprint density at radius 1 is 1.42 bits per heavy atom. The van der Waals surface area contributed by atoms with Crippen molar-refractivity contribution in [3.63, 3.8) is 0 Å². The molecule has 0 N–H and O–H groups in total. The molecule has 0 aromatic heterocycles. The van der Waals surface area contributed by atoms with Gasteiger partial charge in [-0.3, -0.25) is 0 Å². The van der Waals surface area contributed by atoms with Gasteiger partial charge >= 0.3 is 28.0 Å². The van der Waals surface area contributed by atoms with Gasteiger partial charge in [-0.25, -0.2) is 4.79 Å². The minimum Gasteiger partial charge on any atom is -0.373 e. The van der Waals surface area contributed by atoms with E-state index in [0.717, 1.165) is 0 Å². The maximum Gasteiger partial charge on any atom is 0.483 e. The van der Waals surface area contributed by atoms with Gasteiger partial charge in [-0.05, 0) is 6.92 Å². The summed E-state index contributed by atoms with van der Waals surface area (Å²) >= 11 is 0. The molecule has 0 fully saturated rings. The van der Waals surface area contributed by atoms with Gasteiger partial charge in [0.25, 0.3) is 0 Å². The molecule has 0 aromatic rings. The molecule has 0 amide bonds. The first-order valence-corrected chi connectivity index (χ1v) is 4.94. The van der Waals surface area contributed by atoms with Gasteiger partial charge in [-0.15, -0.1) is 0 Å². The van der Waals surface area contributed by atoms with Crippen LogP contribution in [0.4, 0.5) is 0 Å². The summed E-state index contributed by atoms with van der Waals surface area (Å²) in [7, 11) is -1.89. The molecule has 0 rings (SSSR count). The molecule has 0 aliphatic carbocycles. The van der Waals surface area contributed by atoms with Crippen LogP contribution in [0.3, 0.4) is 0 Å². The van der Waals surface area contributed by atoms with Gasteiger partial charge in [0.05, 0.1) is 6.92 Å². The van der Waals surface area contributed by atoms with Crippen molar-refractivity contribution < 1.29 is 18.7 Å². The van der Waals surface area contributed by atoms with E-state index in [1.165, 1.54) is 13.8 Å². The molecule has 0 aliphatic rings. The van der Waals surface area contributed by atoms with Gasteiger partial charge in [0, 0.05) is 5.57 Å². The van der Waals surface area contributed by atoms with Crippen LogP contribution in [-0.2, 0) is 18.7 Å². The van der Waals surface area contributed by atoms with E-state index in [2.05, 4.69) is 11.3 Å². The van der Waals surface area contributed by atoms with E-state index in [4.69, 9.17) is 0 Å². The van der Waals surface area contributed by atoms with Gasteiger partial charge in [0.2, 0.25) is 0 Å². The summed E-state index contributed by atoms with van der Waals surface area (Å²) in [5.41, 5.74) is 0.192. The van der Waals surface area contributed by atoms with Crippen molar-refractivity contribution in [1.82, 2.24) is 0 Å². The molecule has 0 radical (unpaired) electrons. The summed E-state index contributed by atoms with van der Waals surface area (Å²) in [4.78, 5) is 10.9. The fraction of sp³-hybridized carbons (Fsp3) is 0.500. The van der Waals surface area contributed by atoms with Gasteiger partial charge in [0.1, 0.15) is 0 Å². The summed E-state index contributed by atoms with van der Waals surface area (Å²) < 4.78 is 25.6. The number of hydrogen-bond acceptors (Lipinski definition) is 4. The number of ether oxygens (including phenoxy) is 1. The highest BCUT2D eigenvalue weighted by molar-refractivity contribution is 7.46. The molecule has 0 bridgehead atoms. The van der Waals surface area contributed by atoms with Crippen molar-refractivity contribution in [2.24, 2.45) is 0 Å². The van der Waals surface area contributed by atoms with Crippen LogP contribution in [0, 0.1) is 0 Å². The van der Waals surface area contributed by atoms with Gasteiger partial charge in [-0.2, -0.15) is 0 Å². The molecule has 0 heterocycles. The minimum atomic E-state index is -1.38. The highest BCUT2D eigenvalue weighted by Gasteiger charge is 2.47. The Kier molecular flexibility index (Phi) is 4.22. The SMILES string of the molecule is C=C(C)C(=O)OC(C)([PH+]=O)[PH+]=O. The summed E-state index contributed by atoms with van der Waals surface area (Å²) in [5, 5.41) is -1.38. The third-order valence-corrected chi connectivity index (χ3v) is 2.63. The second-order valence-electron chi connectivity index (χ2n) is 2.41. The van der Waals surface area contributed by atoms with Crippen LogP contribution in [-0.4, -0.2) is 11.1 Å². The maximum atomic E-state index is 10.9. The summed E-state index contributed by atoms with van der Waals surface area (Å²) in [5.74, 6) is -0.677. The van der Waals surface area contributed by atoms with Crippen molar-refractivity contribution in [1.29, 1.82) is 0 Å². The molecule has 0 saturated carbocycles. The molecule has 2 unspecified atom stereocenters. The molecular weight excluding hydrogens is 198 g/mol. The van der Waals surface area contributed by atoms with E-state index < -0.39 is 28.0 Å². The summed E-state index contributed by atoms with van der Waals surface area (Å²) in [6.45, 7) is 6.14. The highest BCUT2D eigenvalue weighted by Crippen LogP contribution is 2.35. The monoisotopic (exact) mass is 208 g/mol. The average molecular weight is 208 g/mol. The largest absolute Gasteiger partial charge is 0.483 e. The zero-order valence-electron chi connectivity index (χ0n) is 6.84. The molecule has 0 aromatic carbocycles.